The van der Waals surface area contributed by atoms with E-state index in [4.69, 9.17) is 23.2 Å². The quantitative estimate of drug-likeness (QED) is 0.679. The van der Waals surface area contributed by atoms with Crippen molar-refractivity contribution in [2.75, 3.05) is 22.5 Å². The van der Waals surface area contributed by atoms with Crippen molar-refractivity contribution in [2.24, 2.45) is 5.92 Å². The highest BCUT2D eigenvalue weighted by atomic mass is 35.5. The third kappa shape index (κ3) is 4.91. The van der Waals surface area contributed by atoms with E-state index in [0.717, 1.165) is 29.8 Å². The minimum Gasteiger partial charge on any atom is -0.382 e. The molecule has 7 nitrogen and oxygen atoms in total. The summed E-state index contributed by atoms with van der Waals surface area (Å²) in [6, 6.07) is 5.38. The maximum Gasteiger partial charge on any atom is 0.231 e. The van der Waals surface area contributed by atoms with Gasteiger partial charge in [-0.25, -0.2) is 4.98 Å². The first-order valence-electron chi connectivity index (χ1n) is 8.96. The highest BCUT2D eigenvalue weighted by Crippen LogP contribution is 2.33. The first kappa shape index (κ1) is 20.4. The summed E-state index contributed by atoms with van der Waals surface area (Å²) in [4.78, 5) is 31.7. The number of nitrogens with zero attached hydrogens (tertiary/aromatic N) is 2. The Labute approximate surface area is 173 Å². The van der Waals surface area contributed by atoms with Gasteiger partial charge in [0.15, 0.2) is 0 Å². The van der Waals surface area contributed by atoms with Gasteiger partial charge >= 0.3 is 0 Å². The fourth-order valence-corrected chi connectivity index (χ4v) is 3.79. The molecule has 1 aromatic heterocycles. The SMILES string of the molecule is CC(=O)Nc1nc2c(c(NC(C)=O)n1)CC(CNc1c(Cl)cccc1Cl)CC2. The molecule has 28 heavy (non-hydrogen) atoms. The van der Waals surface area contributed by atoms with Gasteiger partial charge in [-0.1, -0.05) is 29.3 Å². The summed E-state index contributed by atoms with van der Waals surface area (Å²) in [5.41, 5.74) is 2.46. The molecule has 2 amide bonds. The van der Waals surface area contributed by atoms with Crippen LogP contribution in [0.3, 0.4) is 0 Å². The van der Waals surface area contributed by atoms with E-state index in [9.17, 15) is 9.59 Å². The number of hydrogen-bond donors (Lipinski definition) is 3. The maximum absolute atomic E-state index is 11.6. The van der Waals surface area contributed by atoms with Gasteiger partial charge in [0, 0.05) is 26.0 Å². The van der Waals surface area contributed by atoms with Crippen molar-refractivity contribution >= 4 is 52.5 Å². The molecular formula is C19H21Cl2N5O2. The Kier molecular flexibility index (Phi) is 6.36. The first-order valence-corrected chi connectivity index (χ1v) is 9.72. The average molecular weight is 422 g/mol. The Morgan fingerprint density at radius 3 is 2.43 bits per heavy atom. The average Bonchev–Trinajstić information content (AvgIpc) is 2.60. The lowest BCUT2D eigenvalue weighted by Gasteiger charge is -2.26. The van der Waals surface area contributed by atoms with Crippen LogP contribution in [0.25, 0.3) is 0 Å². The largest absolute Gasteiger partial charge is 0.382 e. The predicted molar refractivity (Wildman–Crippen MR) is 111 cm³/mol. The molecule has 1 aromatic carbocycles. The first-order chi connectivity index (χ1) is 13.3. The number of carbonyl (C=O) groups excluding carboxylic acids is 2. The zero-order chi connectivity index (χ0) is 20.3. The third-order valence-corrected chi connectivity index (χ3v) is 5.12. The number of nitrogens with one attached hydrogen (secondary N) is 3. The fourth-order valence-electron chi connectivity index (χ4n) is 3.25. The fraction of sp³-hybridized carbons (Fsp3) is 0.368. The van der Waals surface area contributed by atoms with Gasteiger partial charge in [-0.05, 0) is 37.3 Å². The number of hydrogen-bond acceptors (Lipinski definition) is 5. The molecule has 1 aliphatic carbocycles. The van der Waals surface area contributed by atoms with Gasteiger partial charge in [0.25, 0.3) is 0 Å². The number of carbonyl (C=O) groups is 2. The van der Waals surface area contributed by atoms with Gasteiger partial charge in [0.2, 0.25) is 17.8 Å². The summed E-state index contributed by atoms with van der Waals surface area (Å²) in [5.74, 6) is 0.458. The molecule has 0 saturated carbocycles. The van der Waals surface area contributed by atoms with Crippen LogP contribution >= 0.6 is 23.2 Å². The van der Waals surface area contributed by atoms with E-state index in [1.807, 2.05) is 0 Å². The number of aromatic nitrogens is 2. The summed E-state index contributed by atoms with van der Waals surface area (Å²) in [7, 11) is 0. The second-order valence-electron chi connectivity index (χ2n) is 6.77. The number of fused-ring (bicyclic) bond motifs is 1. The molecular weight excluding hydrogens is 401 g/mol. The molecule has 148 valence electrons. The van der Waals surface area contributed by atoms with Crippen molar-refractivity contribution in [3.8, 4) is 0 Å². The maximum atomic E-state index is 11.6. The molecule has 3 rings (SSSR count). The van der Waals surface area contributed by atoms with E-state index in [1.54, 1.807) is 18.2 Å². The summed E-state index contributed by atoms with van der Waals surface area (Å²) in [6.07, 6.45) is 2.32. The lowest BCUT2D eigenvalue weighted by Crippen LogP contribution is -2.26. The number of rotatable bonds is 5. The molecule has 1 aliphatic rings. The summed E-state index contributed by atoms with van der Waals surface area (Å²) >= 11 is 12.4. The van der Waals surface area contributed by atoms with Gasteiger partial charge in [-0.3, -0.25) is 14.9 Å². The van der Waals surface area contributed by atoms with Gasteiger partial charge in [-0.2, -0.15) is 4.98 Å². The van der Waals surface area contributed by atoms with Gasteiger partial charge < -0.3 is 10.6 Å². The van der Waals surface area contributed by atoms with Crippen molar-refractivity contribution in [3.05, 3.63) is 39.5 Å². The molecule has 0 fully saturated rings. The minimum atomic E-state index is -0.261. The molecule has 0 saturated heterocycles. The van der Waals surface area contributed by atoms with E-state index in [2.05, 4.69) is 25.9 Å². The Morgan fingerprint density at radius 2 is 1.79 bits per heavy atom. The summed E-state index contributed by atoms with van der Waals surface area (Å²) < 4.78 is 0. The number of para-hydroxylation sites is 1. The van der Waals surface area contributed by atoms with Crippen molar-refractivity contribution in [3.63, 3.8) is 0 Å². The van der Waals surface area contributed by atoms with Crippen LogP contribution in [0.5, 0.6) is 0 Å². The molecule has 2 aromatic rings. The van der Waals surface area contributed by atoms with Gasteiger partial charge in [0.1, 0.15) is 5.82 Å². The Balaban J connectivity index is 1.79. The lowest BCUT2D eigenvalue weighted by molar-refractivity contribution is -0.115. The minimum absolute atomic E-state index is 0.203. The topological polar surface area (TPSA) is 96.0 Å². The molecule has 9 heteroatoms. The van der Waals surface area contributed by atoms with E-state index in [-0.39, 0.29) is 17.8 Å². The van der Waals surface area contributed by atoms with Crippen LogP contribution in [-0.4, -0.2) is 28.3 Å². The van der Waals surface area contributed by atoms with Crippen LogP contribution in [0.15, 0.2) is 18.2 Å². The van der Waals surface area contributed by atoms with Crippen molar-refractivity contribution in [1.29, 1.82) is 0 Å². The van der Waals surface area contributed by atoms with E-state index in [1.165, 1.54) is 13.8 Å². The molecule has 0 spiro atoms. The predicted octanol–water partition coefficient (Wildman–Crippen LogP) is 3.92. The number of anilines is 3. The molecule has 1 atom stereocenters. The van der Waals surface area contributed by atoms with E-state index in [0.29, 0.717) is 34.7 Å². The van der Waals surface area contributed by atoms with E-state index >= 15 is 0 Å². The smallest absolute Gasteiger partial charge is 0.231 e. The number of benzene rings is 1. The molecule has 3 N–H and O–H groups in total. The second kappa shape index (κ2) is 8.75. The lowest BCUT2D eigenvalue weighted by atomic mass is 9.86. The Morgan fingerprint density at radius 1 is 1.11 bits per heavy atom. The Hall–Kier alpha value is -2.38. The number of halogens is 2. The summed E-state index contributed by atoms with van der Waals surface area (Å²) in [6.45, 7) is 3.49. The third-order valence-electron chi connectivity index (χ3n) is 4.49. The van der Waals surface area contributed by atoms with Crippen LogP contribution in [0.2, 0.25) is 10.0 Å². The van der Waals surface area contributed by atoms with Gasteiger partial charge in [-0.15, -0.1) is 0 Å². The second-order valence-corrected chi connectivity index (χ2v) is 7.58. The molecule has 0 aliphatic heterocycles. The number of aryl methyl sites for hydroxylation is 1. The molecule has 1 heterocycles. The highest BCUT2D eigenvalue weighted by Gasteiger charge is 2.25. The zero-order valence-electron chi connectivity index (χ0n) is 15.6. The normalized spacial score (nSPS) is 15.5. The van der Waals surface area contributed by atoms with Crippen LogP contribution in [0, 0.1) is 5.92 Å². The van der Waals surface area contributed by atoms with Crippen LogP contribution in [0.1, 0.15) is 31.5 Å². The standard InChI is InChI=1S/C19H21Cl2N5O2/c1-10(27)23-18-13-8-12(9-22-17-14(20)4-3-5-15(17)21)6-7-16(13)25-19(26-18)24-11(2)28/h3-5,12,22H,6-9H2,1-2H3,(H2,23,24,25,26,27,28). The van der Waals surface area contributed by atoms with Gasteiger partial charge in [0.05, 0.1) is 21.4 Å². The summed E-state index contributed by atoms with van der Waals surface area (Å²) in [5, 5.41) is 9.82. The molecule has 0 bridgehead atoms. The van der Waals surface area contributed by atoms with Crippen LogP contribution in [-0.2, 0) is 22.4 Å². The van der Waals surface area contributed by atoms with Crippen molar-refractivity contribution in [1.82, 2.24) is 9.97 Å². The number of amides is 2. The monoisotopic (exact) mass is 421 g/mol. The molecule has 1 unspecified atom stereocenters. The van der Waals surface area contributed by atoms with E-state index < -0.39 is 0 Å². The van der Waals surface area contributed by atoms with Crippen LogP contribution in [0.4, 0.5) is 17.5 Å². The zero-order valence-corrected chi connectivity index (χ0v) is 17.1. The molecule has 0 radical (unpaired) electrons. The van der Waals surface area contributed by atoms with Crippen molar-refractivity contribution in [2.45, 2.75) is 33.1 Å². The Bertz CT molecular complexity index is 899. The highest BCUT2D eigenvalue weighted by molar-refractivity contribution is 6.39. The van der Waals surface area contributed by atoms with Crippen LogP contribution < -0.4 is 16.0 Å². The van der Waals surface area contributed by atoms with Crippen molar-refractivity contribution < 1.29 is 9.59 Å².